The van der Waals surface area contributed by atoms with E-state index in [1.165, 1.54) is 4.31 Å². The van der Waals surface area contributed by atoms with E-state index >= 15 is 0 Å². The first-order valence-corrected chi connectivity index (χ1v) is 7.03. The number of hydrogen-bond donors (Lipinski definition) is 0. The van der Waals surface area contributed by atoms with Crippen molar-refractivity contribution < 1.29 is 8.42 Å². The molecule has 0 radical (unpaired) electrons. The molecule has 1 atom stereocenters. The van der Waals surface area contributed by atoms with E-state index in [0.717, 1.165) is 12.8 Å². The van der Waals surface area contributed by atoms with Crippen molar-refractivity contribution in [3.63, 3.8) is 0 Å². The Balaban J connectivity index is 2.25. The second-order valence-electron chi connectivity index (χ2n) is 4.14. The number of piperidine rings is 1. The summed E-state index contributed by atoms with van der Waals surface area (Å²) in [5, 5.41) is 8.87. The smallest absolute Gasteiger partial charge is 0.207 e. The van der Waals surface area contributed by atoms with Gasteiger partial charge in [-0.1, -0.05) is 18.2 Å². The number of benzene rings is 1. The summed E-state index contributed by atoms with van der Waals surface area (Å²) < 4.78 is 25.9. The van der Waals surface area contributed by atoms with Crippen LogP contribution in [-0.4, -0.2) is 25.8 Å². The van der Waals surface area contributed by atoms with Gasteiger partial charge in [0.05, 0.1) is 16.9 Å². The summed E-state index contributed by atoms with van der Waals surface area (Å²) in [4.78, 5) is 0.304. The van der Waals surface area contributed by atoms with E-state index in [2.05, 4.69) is 6.07 Å². The average Bonchev–Trinajstić information content (AvgIpc) is 2.40. The minimum absolute atomic E-state index is 0.178. The highest BCUT2D eigenvalue weighted by Crippen LogP contribution is 2.22. The van der Waals surface area contributed by atoms with Crippen molar-refractivity contribution in [2.45, 2.75) is 17.7 Å². The van der Waals surface area contributed by atoms with E-state index in [-0.39, 0.29) is 5.92 Å². The Labute approximate surface area is 102 Å². The quantitative estimate of drug-likeness (QED) is 0.801. The maximum Gasteiger partial charge on any atom is 0.243 e. The van der Waals surface area contributed by atoms with Crippen LogP contribution < -0.4 is 0 Å². The Morgan fingerprint density at radius 3 is 2.65 bits per heavy atom. The number of nitriles is 1. The molecule has 0 bridgehead atoms. The Hall–Kier alpha value is -1.38. The van der Waals surface area contributed by atoms with E-state index in [1.54, 1.807) is 30.3 Å². The molecule has 1 aromatic carbocycles. The van der Waals surface area contributed by atoms with Crippen molar-refractivity contribution in [3.05, 3.63) is 30.3 Å². The number of rotatable bonds is 2. The molecule has 0 saturated carbocycles. The number of sulfonamides is 1. The highest BCUT2D eigenvalue weighted by Gasteiger charge is 2.29. The Morgan fingerprint density at radius 2 is 2.00 bits per heavy atom. The second kappa shape index (κ2) is 4.86. The standard InChI is InChI=1S/C12H14N2O2S/c13-9-11-5-4-8-14(10-11)17(15,16)12-6-2-1-3-7-12/h1-3,6-7,11H,4-5,8,10H2. The molecular formula is C12H14N2O2S. The first-order chi connectivity index (χ1) is 8.14. The van der Waals surface area contributed by atoms with Gasteiger partial charge in [-0.15, -0.1) is 0 Å². The predicted molar refractivity (Wildman–Crippen MR) is 63.5 cm³/mol. The zero-order valence-electron chi connectivity index (χ0n) is 9.41. The van der Waals surface area contributed by atoms with Crippen LogP contribution in [0.4, 0.5) is 0 Å². The third-order valence-corrected chi connectivity index (χ3v) is 4.83. The minimum Gasteiger partial charge on any atom is -0.207 e. The van der Waals surface area contributed by atoms with Crippen LogP contribution in [0.2, 0.25) is 0 Å². The zero-order valence-corrected chi connectivity index (χ0v) is 10.2. The highest BCUT2D eigenvalue weighted by molar-refractivity contribution is 7.89. The zero-order chi connectivity index (χ0) is 12.3. The lowest BCUT2D eigenvalue weighted by Crippen LogP contribution is -2.39. The maximum absolute atomic E-state index is 12.3. The maximum atomic E-state index is 12.3. The summed E-state index contributed by atoms with van der Waals surface area (Å²) in [6, 6.07) is 10.5. The summed E-state index contributed by atoms with van der Waals surface area (Å²) in [6.07, 6.45) is 1.54. The van der Waals surface area contributed by atoms with Gasteiger partial charge in [-0.3, -0.25) is 0 Å². The fourth-order valence-electron chi connectivity index (χ4n) is 2.01. The van der Waals surface area contributed by atoms with Gasteiger partial charge in [0.15, 0.2) is 0 Å². The molecule has 1 heterocycles. The molecular weight excluding hydrogens is 236 g/mol. The van der Waals surface area contributed by atoms with Gasteiger partial charge in [-0.05, 0) is 25.0 Å². The summed E-state index contributed by atoms with van der Waals surface area (Å²) in [5.74, 6) is -0.178. The van der Waals surface area contributed by atoms with Crippen LogP contribution in [0.1, 0.15) is 12.8 Å². The number of nitrogens with zero attached hydrogens (tertiary/aromatic N) is 2. The molecule has 90 valence electrons. The number of hydrogen-bond acceptors (Lipinski definition) is 3. The lowest BCUT2D eigenvalue weighted by Gasteiger charge is -2.28. The van der Waals surface area contributed by atoms with Crippen molar-refractivity contribution in [1.29, 1.82) is 5.26 Å². The molecule has 1 aromatic rings. The monoisotopic (exact) mass is 250 g/mol. The third-order valence-electron chi connectivity index (χ3n) is 2.95. The molecule has 0 spiro atoms. The van der Waals surface area contributed by atoms with E-state index < -0.39 is 10.0 Å². The van der Waals surface area contributed by atoms with Crippen molar-refractivity contribution in [3.8, 4) is 6.07 Å². The molecule has 0 N–H and O–H groups in total. The largest absolute Gasteiger partial charge is 0.243 e. The van der Waals surface area contributed by atoms with Crippen LogP contribution in [-0.2, 0) is 10.0 Å². The lowest BCUT2D eigenvalue weighted by atomic mass is 10.0. The molecule has 1 fully saturated rings. The van der Waals surface area contributed by atoms with Crippen LogP contribution in [0.5, 0.6) is 0 Å². The van der Waals surface area contributed by atoms with Crippen molar-refractivity contribution in [2.75, 3.05) is 13.1 Å². The second-order valence-corrected chi connectivity index (χ2v) is 6.08. The Bertz CT molecular complexity index is 519. The van der Waals surface area contributed by atoms with E-state index in [4.69, 9.17) is 5.26 Å². The van der Waals surface area contributed by atoms with Gasteiger partial charge in [0.25, 0.3) is 0 Å². The Morgan fingerprint density at radius 1 is 1.29 bits per heavy atom. The van der Waals surface area contributed by atoms with E-state index in [1.807, 2.05) is 0 Å². The third kappa shape index (κ3) is 2.48. The topological polar surface area (TPSA) is 61.2 Å². The first kappa shape index (κ1) is 12.1. The lowest BCUT2D eigenvalue weighted by molar-refractivity contribution is 0.305. The fourth-order valence-corrected chi connectivity index (χ4v) is 3.55. The van der Waals surface area contributed by atoms with Crippen LogP contribution in [0, 0.1) is 17.2 Å². The SMILES string of the molecule is N#CC1CCCN(S(=O)(=O)c2ccccc2)C1. The van der Waals surface area contributed by atoms with Crippen LogP contribution in [0.25, 0.3) is 0 Å². The van der Waals surface area contributed by atoms with Gasteiger partial charge < -0.3 is 0 Å². The fraction of sp³-hybridized carbons (Fsp3) is 0.417. The molecule has 4 nitrogen and oxygen atoms in total. The summed E-state index contributed by atoms with van der Waals surface area (Å²) in [7, 11) is -3.42. The minimum atomic E-state index is -3.42. The molecule has 2 rings (SSSR count). The average molecular weight is 250 g/mol. The molecule has 5 heteroatoms. The summed E-state index contributed by atoms with van der Waals surface area (Å²) in [6.45, 7) is 0.823. The van der Waals surface area contributed by atoms with E-state index in [9.17, 15) is 8.42 Å². The van der Waals surface area contributed by atoms with Crippen LogP contribution in [0.3, 0.4) is 0 Å². The normalized spacial score (nSPS) is 21.9. The molecule has 1 unspecified atom stereocenters. The molecule has 1 saturated heterocycles. The van der Waals surface area contributed by atoms with Gasteiger partial charge >= 0.3 is 0 Å². The van der Waals surface area contributed by atoms with Crippen LogP contribution >= 0.6 is 0 Å². The van der Waals surface area contributed by atoms with Gasteiger partial charge in [0.2, 0.25) is 10.0 Å². The van der Waals surface area contributed by atoms with Gasteiger partial charge in [-0.25, -0.2) is 8.42 Å². The molecule has 0 amide bonds. The Kier molecular flexibility index (Phi) is 3.46. The van der Waals surface area contributed by atoms with Gasteiger partial charge in [-0.2, -0.15) is 9.57 Å². The molecule has 0 aliphatic carbocycles. The van der Waals surface area contributed by atoms with Crippen molar-refractivity contribution >= 4 is 10.0 Å². The summed E-state index contributed by atoms with van der Waals surface area (Å²) >= 11 is 0. The van der Waals surface area contributed by atoms with Gasteiger partial charge in [0.1, 0.15) is 0 Å². The van der Waals surface area contributed by atoms with Gasteiger partial charge in [0, 0.05) is 13.1 Å². The predicted octanol–water partition coefficient (Wildman–Crippen LogP) is 1.61. The first-order valence-electron chi connectivity index (χ1n) is 5.59. The van der Waals surface area contributed by atoms with Crippen molar-refractivity contribution in [1.82, 2.24) is 4.31 Å². The van der Waals surface area contributed by atoms with E-state index in [0.29, 0.717) is 18.0 Å². The molecule has 1 aliphatic rings. The molecule has 17 heavy (non-hydrogen) atoms. The summed E-state index contributed by atoms with van der Waals surface area (Å²) in [5.41, 5.74) is 0. The van der Waals surface area contributed by atoms with Crippen LogP contribution in [0.15, 0.2) is 35.2 Å². The van der Waals surface area contributed by atoms with Crippen molar-refractivity contribution in [2.24, 2.45) is 5.92 Å². The highest BCUT2D eigenvalue weighted by atomic mass is 32.2. The molecule has 0 aromatic heterocycles. The molecule has 1 aliphatic heterocycles.